The van der Waals surface area contributed by atoms with Gasteiger partial charge in [0.05, 0.1) is 23.0 Å². The maximum absolute atomic E-state index is 12.0. The fourth-order valence-electron chi connectivity index (χ4n) is 2.64. The fraction of sp³-hybridized carbons (Fsp3) is 0.762. The SMILES string of the molecule is CC[C@@H](C)O[C@@H]1C=C[C@@H](Cl)[C@@H](COC(=O)OC[C@H]2O[C@H](O[C@H](C)CC)C=C[C@H]2Cl)O1. The third kappa shape index (κ3) is 8.36. The highest BCUT2D eigenvalue weighted by molar-refractivity contribution is 6.22. The third-order valence-electron chi connectivity index (χ3n) is 4.85. The van der Waals surface area contributed by atoms with Crippen LogP contribution in [0.1, 0.15) is 40.5 Å². The Bertz CT molecular complexity index is 538. The lowest BCUT2D eigenvalue weighted by atomic mass is 10.2. The number of ether oxygens (including phenoxy) is 6. The van der Waals surface area contributed by atoms with Crippen molar-refractivity contribution in [3.8, 4) is 0 Å². The molecule has 0 amide bonds. The van der Waals surface area contributed by atoms with E-state index in [1.165, 1.54) is 0 Å². The van der Waals surface area contributed by atoms with E-state index in [0.717, 1.165) is 12.8 Å². The first-order valence-electron chi connectivity index (χ1n) is 10.4. The Morgan fingerprint density at radius 2 is 1.23 bits per heavy atom. The molecule has 2 heterocycles. The summed E-state index contributed by atoms with van der Waals surface area (Å²) in [5.74, 6) is 0. The topological polar surface area (TPSA) is 72.5 Å². The molecule has 172 valence electrons. The van der Waals surface area contributed by atoms with Crippen molar-refractivity contribution in [3.05, 3.63) is 24.3 Å². The Morgan fingerprint density at radius 3 is 1.60 bits per heavy atom. The molecule has 0 aromatic heterocycles. The maximum atomic E-state index is 12.0. The zero-order valence-corrected chi connectivity index (χ0v) is 19.4. The molecule has 0 bridgehead atoms. The van der Waals surface area contributed by atoms with Gasteiger partial charge in [-0.1, -0.05) is 26.0 Å². The molecule has 2 aliphatic rings. The van der Waals surface area contributed by atoms with Crippen molar-refractivity contribution in [3.63, 3.8) is 0 Å². The van der Waals surface area contributed by atoms with Gasteiger partial charge in [-0.2, -0.15) is 0 Å². The molecule has 0 saturated carbocycles. The second kappa shape index (κ2) is 12.9. The van der Waals surface area contributed by atoms with Crippen LogP contribution in [0.15, 0.2) is 24.3 Å². The molecule has 7 nitrogen and oxygen atoms in total. The van der Waals surface area contributed by atoms with Crippen LogP contribution in [0.4, 0.5) is 4.79 Å². The predicted octanol–water partition coefficient (Wildman–Crippen LogP) is 4.55. The highest BCUT2D eigenvalue weighted by Gasteiger charge is 2.30. The van der Waals surface area contributed by atoms with Gasteiger partial charge in [0, 0.05) is 0 Å². The van der Waals surface area contributed by atoms with Gasteiger partial charge in [0.2, 0.25) is 0 Å². The second-order valence-electron chi connectivity index (χ2n) is 7.33. The van der Waals surface area contributed by atoms with E-state index in [0.29, 0.717) is 0 Å². The lowest BCUT2D eigenvalue weighted by Gasteiger charge is -2.31. The van der Waals surface area contributed by atoms with Crippen LogP contribution < -0.4 is 0 Å². The van der Waals surface area contributed by atoms with Gasteiger partial charge in [0.15, 0.2) is 12.6 Å². The van der Waals surface area contributed by atoms with E-state index in [2.05, 4.69) is 0 Å². The van der Waals surface area contributed by atoms with Crippen LogP contribution in [0.2, 0.25) is 0 Å². The quantitative estimate of drug-likeness (QED) is 0.265. The molecule has 0 spiro atoms. The number of rotatable bonds is 10. The molecule has 0 saturated heterocycles. The summed E-state index contributed by atoms with van der Waals surface area (Å²) in [6, 6.07) is 0. The van der Waals surface area contributed by atoms with Crippen LogP contribution in [-0.2, 0) is 28.4 Å². The van der Waals surface area contributed by atoms with Crippen molar-refractivity contribution in [1.29, 1.82) is 0 Å². The summed E-state index contributed by atoms with van der Waals surface area (Å²) in [5.41, 5.74) is 0. The molecule has 8 atom stereocenters. The summed E-state index contributed by atoms with van der Waals surface area (Å²) in [7, 11) is 0. The standard InChI is InChI=1S/C21H32Cl2O7/c1-5-13(3)27-19-9-7-15(22)17(29-19)11-25-21(24)26-12-18-16(23)8-10-20(30-18)28-14(4)6-2/h7-10,13-20H,5-6,11-12H2,1-4H3/t13-,14-,15-,16-,17-,18-,19+,20+/m1/s1. The number of alkyl halides is 2. The van der Waals surface area contributed by atoms with Gasteiger partial charge in [-0.05, 0) is 38.8 Å². The van der Waals surface area contributed by atoms with E-state index in [1.807, 2.05) is 27.7 Å². The first-order chi connectivity index (χ1) is 14.3. The lowest BCUT2D eigenvalue weighted by Crippen LogP contribution is -2.40. The largest absolute Gasteiger partial charge is 0.508 e. The molecular weight excluding hydrogens is 435 g/mol. The number of carbonyl (C=O) groups excluding carboxylic acids is 1. The number of hydrogen-bond acceptors (Lipinski definition) is 7. The minimum atomic E-state index is -0.849. The van der Waals surface area contributed by atoms with Gasteiger partial charge in [0.1, 0.15) is 25.4 Å². The molecule has 2 aliphatic heterocycles. The third-order valence-corrected chi connectivity index (χ3v) is 5.70. The average Bonchev–Trinajstić information content (AvgIpc) is 2.74. The molecule has 0 aromatic carbocycles. The molecule has 0 fully saturated rings. The van der Waals surface area contributed by atoms with E-state index in [1.54, 1.807) is 24.3 Å². The van der Waals surface area contributed by atoms with Crippen molar-refractivity contribution in [2.24, 2.45) is 0 Å². The maximum Gasteiger partial charge on any atom is 0.508 e. The van der Waals surface area contributed by atoms with Crippen LogP contribution in [-0.4, -0.2) is 67.1 Å². The first kappa shape index (κ1) is 25.4. The number of carbonyl (C=O) groups is 1. The monoisotopic (exact) mass is 466 g/mol. The molecule has 9 heteroatoms. The van der Waals surface area contributed by atoms with Gasteiger partial charge in [-0.25, -0.2) is 4.79 Å². The molecule has 0 radical (unpaired) electrons. The summed E-state index contributed by atoms with van der Waals surface area (Å²) in [4.78, 5) is 12.0. The first-order valence-corrected chi connectivity index (χ1v) is 11.3. The van der Waals surface area contributed by atoms with Gasteiger partial charge in [-0.15, -0.1) is 23.2 Å². The molecule has 2 rings (SSSR count). The van der Waals surface area contributed by atoms with Gasteiger partial charge in [-0.3, -0.25) is 0 Å². The van der Waals surface area contributed by atoms with Gasteiger partial charge < -0.3 is 28.4 Å². The number of halogens is 2. The molecular formula is C21H32Cl2O7. The summed E-state index contributed by atoms with van der Waals surface area (Å²) < 4.78 is 33.3. The Hall–Kier alpha value is -0.830. The van der Waals surface area contributed by atoms with Crippen LogP contribution >= 0.6 is 23.2 Å². The normalized spacial score (nSPS) is 33.1. The smallest absolute Gasteiger partial charge is 0.431 e. The molecule has 0 unspecified atom stereocenters. The Kier molecular flexibility index (Phi) is 10.9. The number of hydrogen-bond donors (Lipinski definition) is 0. The van der Waals surface area contributed by atoms with Crippen molar-refractivity contribution in [1.82, 2.24) is 0 Å². The summed E-state index contributed by atoms with van der Waals surface area (Å²) in [6.07, 6.45) is 5.87. The van der Waals surface area contributed by atoms with Gasteiger partial charge in [0.25, 0.3) is 0 Å². The second-order valence-corrected chi connectivity index (χ2v) is 8.33. The molecule has 30 heavy (non-hydrogen) atoms. The highest BCUT2D eigenvalue weighted by Crippen LogP contribution is 2.22. The van der Waals surface area contributed by atoms with Crippen LogP contribution in [0.25, 0.3) is 0 Å². The van der Waals surface area contributed by atoms with Crippen molar-refractivity contribution < 1.29 is 33.2 Å². The van der Waals surface area contributed by atoms with Crippen molar-refractivity contribution in [2.75, 3.05) is 13.2 Å². The molecule has 0 aliphatic carbocycles. The fourth-order valence-corrected chi connectivity index (χ4v) is 3.07. The van der Waals surface area contributed by atoms with Crippen molar-refractivity contribution in [2.45, 2.75) is 88.3 Å². The van der Waals surface area contributed by atoms with Crippen LogP contribution in [0.5, 0.6) is 0 Å². The van der Waals surface area contributed by atoms with E-state index in [-0.39, 0.29) is 25.4 Å². The summed E-state index contributed by atoms with van der Waals surface area (Å²) >= 11 is 12.5. The lowest BCUT2D eigenvalue weighted by molar-refractivity contribution is -0.181. The Morgan fingerprint density at radius 1 is 0.833 bits per heavy atom. The van der Waals surface area contributed by atoms with E-state index in [9.17, 15) is 4.79 Å². The zero-order chi connectivity index (χ0) is 22.1. The molecule has 0 aromatic rings. The van der Waals surface area contributed by atoms with E-state index in [4.69, 9.17) is 51.6 Å². The zero-order valence-electron chi connectivity index (χ0n) is 17.9. The van der Waals surface area contributed by atoms with Crippen LogP contribution in [0.3, 0.4) is 0 Å². The summed E-state index contributed by atoms with van der Waals surface area (Å²) in [6.45, 7) is 7.83. The minimum absolute atomic E-state index is 0.0409. The minimum Gasteiger partial charge on any atom is -0.431 e. The Balaban J connectivity index is 1.74. The average molecular weight is 467 g/mol. The summed E-state index contributed by atoms with van der Waals surface area (Å²) in [5, 5.41) is -0.876. The van der Waals surface area contributed by atoms with Gasteiger partial charge >= 0.3 is 6.16 Å². The van der Waals surface area contributed by atoms with E-state index < -0.39 is 41.7 Å². The van der Waals surface area contributed by atoms with Crippen molar-refractivity contribution >= 4 is 29.4 Å². The predicted molar refractivity (Wildman–Crippen MR) is 114 cm³/mol. The van der Waals surface area contributed by atoms with Crippen LogP contribution in [0, 0.1) is 0 Å². The molecule has 0 N–H and O–H groups in total. The Labute approximate surface area is 188 Å². The highest BCUT2D eigenvalue weighted by atomic mass is 35.5. The van der Waals surface area contributed by atoms with E-state index >= 15 is 0 Å².